The average Bonchev–Trinajstić information content (AvgIpc) is 2.86. The number of carbonyl (C=O) groups is 1. The smallest absolute Gasteiger partial charge is 0.169 e. The van der Waals surface area contributed by atoms with Crippen molar-refractivity contribution in [1.82, 2.24) is 9.78 Å². The van der Waals surface area contributed by atoms with Crippen LogP contribution < -0.4 is 0 Å². The van der Waals surface area contributed by atoms with E-state index in [-0.39, 0.29) is 5.78 Å². The van der Waals surface area contributed by atoms with Crippen LogP contribution >= 0.6 is 0 Å². The van der Waals surface area contributed by atoms with Crippen molar-refractivity contribution < 1.29 is 4.79 Å². The van der Waals surface area contributed by atoms with Gasteiger partial charge in [-0.3, -0.25) is 9.48 Å². The maximum absolute atomic E-state index is 12.5. The quantitative estimate of drug-likeness (QED) is 0.680. The molecule has 106 valence electrons. The first kappa shape index (κ1) is 13.6. The number of ketones is 1. The van der Waals surface area contributed by atoms with Gasteiger partial charge in [-0.1, -0.05) is 42.5 Å². The molecule has 0 fully saturated rings. The van der Waals surface area contributed by atoms with Crippen LogP contribution in [-0.4, -0.2) is 15.6 Å². The highest BCUT2D eigenvalue weighted by molar-refractivity contribution is 6.00. The first-order valence-electron chi connectivity index (χ1n) is 7.24. The zero-order chi connectivity index (χ0) is 14.8. The molecule has 0 aliphatic carbocycles. The predicted molar refractivity (Wildman–Crippen MR) is 84.6 cm³/mol. The van der Waals surface area contributed by atoms with Crippen LogP contribution in [0.3, 0.4) is 0 Å². The number of aryl methyl sites for hydroxylation is 2. The van der Waals surface area contributed by atoms with E-state index in [0.29, 0.717) is 6.42 Å². The number of hydrogen-bond donors (Lipinski definition) is 0. The van der Waals surface area contributed by atoms with Gasteiger partial charge in [0, 0.05) is 17.5 Å². The Morgan fingerprint density at radius 1 is 1.10 bits per heavy atom. The van der Waals surface area contributed by atoms with Crippen molar-refractivity contribution >= 4 is 16.7 Å². The highest BCUT2D eigenvalue weighted by Crippen LogP contribution is 2.20. The molecule has 2 aromatic carbocycles. The van der Waals surface area contributed by atoms with E-state index < -0.39 is 0 Å². The Kier molecular flexibility index (Phi) is 3.57. The summed E-state index contributed by atoms with van der Waals surface area (Å²) in [5, 5.41) is 5.67. The van der Waals surface area contributed by atoms with Gasteiger partial charge in [-0.15, -0.1) is 0 Å². The van der Waals surface area contributed by atoms with Crippen LogP contribution in [0.4, 0.5) is 0 Å². The Morgan fingerprint density at radius 3 is 2.57 bits per heavy atom. The third-order valence-corrected chi connectivity index (χ3v) is 3.81. The second kappa shape index (κ2) is 5.52. The summed E-state index contributed by atoms with van der Waals surface area (Å²) < 4.78 is 1.95. The second-order valence-corrected chi connectivity index (χ2v) is 5.19. The van der Waals surface area contributed by atoms with Gasteiger partial charge in [-0.05, 0) is 25.5 Å². The van der Waals surface area contributed by atoms with Gasteiger partial charge >= 0.3 is 0 Å². The topological polar surface area (TPSA) is 34.9 Å². The maximum atomic E-state index is 12.5. The van der Waals surface area contributed by atoms with Crippen molar-refractivity contribution in [2.45, 2.75) is 26.8 Å². The van der Waals surface area contributed by atoms with Crippen LogP contribution in [0.1, 0.15) is 28.5 Å². The van der Waals surface area contributed by atoms with Crippen molar-refractivity contribution in [3.8, 4) is 0 Å². The number of aromatic nitrogens is 2. The predicted octanol–water partition coefficient (Wildman–Crippen LogP) is 3.79. The molecule has 3 rings (SSSR count). The van der Waals surface area contributed by atoms with Crippen LogP contribution in [0.2, 0.25) is 0 Å². The summed E-state index contributed by atoms with van der Waals surface area (Å²) in [5.41, 5.74) is 3.75. The third kappa shape index (κ3) is 2.47. The van der Waals surface area contributed by atoms with Crippen LogP contribution in [0.25, 0.3) is 10.9 Å². The fourth-order valence-electron chi connectivity index (χ4n) is 2.70. The Bertz CT molecular complexity index is 802. The van der Waals surface area contributed by atoms with Crippen molar-refractivity contribution in [3.05, 3.63) is 65.4 Å². The average molecular weight is 278 g/mol. The van der Waals surface area contributed by atoms with E-state index in [1.807, 2.05) is 60.1 Å². The first-order chi connectivity index (χ1) is 10.2. The van der Waals surface area contributed by atoms with E-state index in [9.17, 15) is 4.79 Å². The lowest BCUT2D eigenvalue weighted by molar-refractivity contribution is 0.0991. The molecule has 0 radical (unpaired) electrons. The summed E-state index contributed by atoms with van der Waals surface area (Å²) >= 11 is 0. The molecular formula is C18H18N2O. The van der Waals surface area contributed by atoms with Gasteiger partial charge in [-0.2, -0.15) is 5.10 Å². The molecule has 0 aliphatic heterocycles. The maximum Gasteiger partial charge on any atom is 0.169 e. The van der Waals surface area contributed by atoms with Crippen LogP contribution in [0, 0.1) is 6.92 Å². The minimum Gasteiger partial charge on any atom is -0.294 e. The number of nitrogens with zero attached hydrogens (tertiary/aromatic N) is 2. The van der Waals surface area contributed by atoms with Crippen molar-refractivity contribution in [3.63, 3.8) is 0 Å². The van der Waals surface area contributed by atoms with E-state index in [1.165, 1.54) is 0 Å². The van der Waals surface area contributed by atoms with Gasteiger partial charge in [0.25, 0.3) is 0 Å². The summed E-state index contributed by atoms with van der Waals surface area (Å²) in [6, 6.07) is 15.8. The van der Waals surface area contributed by atoms with E-state index in [0.717, 1.165) is 34.3 Å². The van der Waals surface area contributed by atoms with E-state index in [2.05, 4.69) is 12.0 Å². The van der Waals surface area contributed by atoms with Crippen molar-refractivity contribution in [1.29, 1.82) is 0 Å². The van der Waals surface area contributed by atoms with Gasteiger partial charge in [0.2, 0.25) is 0 Å². The van der Waals surface area contributed by atoms with Gasteiger partial charge in [-0.25, -0.2) is 0 Å². The van der Waals surface area contributed by atoms with Crippen LogP contribution in [-0.2, 0) is 13.0 Å². The number of rotatable bonds is 4. The Morgan fingerprint density at radius 2 is 1.81 bits per heavy atom. The molecule has 3 aromatic rings. The highest BCUT2D eigenvalue weighted by Gasteiger charge is 2.15. The molecule has 0 saturated carbocycles. The summed E-state index contributed by atoms with van der Waals surface area (Å²) in [4.78, 5) is 12.5. The lowest BCUT2D eigenvalue weighted by Gasteiger charge is -2.03. The SMILES string of the molecule is CCn1nc(CC(=O)c2ccccc2C)c2ccccc21. The molecule has 0 saturated heterocycles. The normalized spacial score (nSPS) is 11.0. The van der Waals surface area contributed by atoms with Crippen molar-refractivity contribution in [2.75, 3.05) is 0 Å². The third-order valence-electron chi connectivity index (χ3n) is 3.81. The zero-order valence-corrected chi connectivity index (χ0v) is 12.3. The van der Waals surface area contributed by atoms with Crippen LogP contribution in [0.5, 0.6) is 0 Å². The van der Waals surface area contributed by atoms with Crippen molar-refractivity contribution in [2.24, 2.45) is 0 Å². The summed E-state index contributed by atoms with van der Waals surface area (Å²) in [6.45, 7) is 4.83. The first-order valence-corrected chi connectivity index (χ1v) is 7.24. The number of carbonyl (C=O) groups excluding carboxylic acids is 1. The van der Waals surface area contributed by atoms with E-state index in [4.69, 9.17) is 0 Å². The largest absolute Gasteiger partial charge is 0.294 e. The number of para-hydroxylation sites is 1. The van der Waals surface area contributed by atoms with Gasteiger partial charge < -0.3 is 0 Å². The lowest BCUT2D eigenvalue weighted by Crippen LogP contribution is -2.07. The summed E-state index contributed by atoms with van der Waals surface area (Å²) in [7, 11) is 0. The van der Waals surface area contributed by atoms with E-state index in [1.54, 1.807) is 0 Å². The molecule has 3 nitrogen and oxygen atoms in total. The Labute approximate surface area is 124 Å². The van der Waals surface area contributed by atoms with E-state index >= 15 is 0 Å². The minimum absolute atomic E-state index is 0.125. The lowest BCUT2D eigenvalue weighted by atomic mass is 10.0. The fourth-order valence-corrected chi connectivity index (χ4v) is 2.70. The number of hydrogen-bond acceptors (Lipinski definition) is 2. The Balaban J connectivity index is 1.99. The molecule has 0 spiro atoms. The molecule has 0 N–H and O–H groups in total. The fraction of sp³-hybridized carbons (Fsp3) is 0.222. The molecule has 0 aliphatic rings. The zero-order valence-electron chi connectivity index (χ0n) is 12.3. The molecule has 0 atom stereocenters. The standard InChI is InChI=1S/C18H18N2O/c1-3-20-17-11-7-6-10-15(17)16(19-20)12-18(21)14-9-5-4-8-13(14)2/h4-11H,3,12H2,1-2H3. The molecule has 1 heterocycles. The van der Waals surface area contributed by atoms with Gasteiger partial charge in [0.1, 0.15) is 0 Å². The molecule has 21 heavy (non-hydrogen) atoms. The molecule has 0 unspecified atom stereocenters. The minimum atomic E-state index is 0.125. The van der Waals surface area contributed by atoms with Gasteiger partial charge in [0.05, 0.1) is 17.6 Å². The van der Waals surface area contributed by atoms with Crippen LogP contribution in [0.15, 0.2) is 48.5 Å². The molecule has 0 bridgehead atoms. The summed E-state index contributed by atoms with van der Waals surface area (Å²) in [5.74, 6) is 0.125. The monoisotopic (exact) mass is 278 g/mol. The summed E-state index contributed by atoms with van der Waals surface area (Å²) in [6.07, 6.45) is 0.346. The number of fused-ring (bicyclic) bond motifs is 1. The number of benzene rings is 2. The second-order valence-electron chi connectivity index (χ2n) is 5.19. The molecule has 0 amide bonds. The highest BCUT2D eigenvalue weighted by atomic mass is 16.1. The molecule has 3 heteroatoms. The Hall–Kier alpha value is -2.42. The number of Topliss-reactive ketones (excluding diaryl/α,β-unsaturated/α-hetero) is 1. The molecule has 1 aromatic heterocycles. The van der Waals surface area contributed by atoms with Gasteiger partial charge in [0.15, 0.2) is 5.78 Å². The molecular weight excluding hydrogens is 260 g/mol.